The van der Waals surface area contributed by atoms with Crippen LogP contribution in [0.25, 0.3) is 22.4 Å². The monoisotopic (exact) mass is 739 g/mol. The molecule has 2 aromatic carbocycles. The highest BCUT2D eigenvalue weighted by molar-refractivity contribution is 6.34. The first-order chi connectivity index (χ1) is 24.8. The summed E-state index contributed by atoms with van der Waals surface area (Å²) < 4.78 is 39.3. The number of aliphatic hydroxyl groups excluding tert-OH is 1. The SMILES string of the molecule is COCCn1cc(-c2ccc(-c3cnc(C(=O)Nc4ccc(C(=O)N5CCN(C(=O)C6CC[N+](C)(C)CC6O)CC5)c(Cl)c4)n3C)c(F)c2F)cn1. The zero-order valence-electron chi connectivity index (χ0n) is 29.5. The van der Waals surface area contributed by atoms with Crippen molar-refractivity contribution in [2.75, 3.05) is 72.4 Å². The number of quaternary nitrogens is 1. The van der Waals surface area contributed by atoms with Gasteiger partial charge in [-0.05, 0) is 24.3 Å². The fraction of sp³-hybridized carbons (Fsp3) is 0.417. The van der Waals surface area contributed by atoms with Crippen LogP contribution in [0.1, 0.15) is 27.4 Å². The Labute approximate surface area is 304 Å². The fourth-order valence-electron chi connectivity index (χ4n) is 6.83. The van der Waals surface area contributed by atoms with E-state index in [1.165, 1.54) is 54.3 Å². The summed E-state index contributed by atoms with van der Waals surface area (Å²) in [7, 11) is 7.15. The number of aromatic nitrogens is 4. The Kier molecular flexibility index (Phi) is 10.8. The van der Waals surface area contributed by atoms with Gasteiger partial charge in [-0.25, -0.2) is 13.8 Å². The molecule has 0 saturated carbocycles. The van der Waals surface area contributed by atoms with Crippen LogP contribution < -0.4 is 5.32 Å². The normalized spacial score (nSPS) is 18.8. The lowest BCUT2D eigenvalue weighted by molar-refractivity contribution is -0.899. The Morgan fingerprint density at radius 3 is 2.42 bits per heavy atom. The van der Waals surface area contributed by atoms with E-state index in [9.17, 15) is 19.5 Å². The van der Waals surface area contributed by atoms with Crippen LogP contribution in [-0.2, 0) is 23.1 Å². The van der Waals surface area contributed by atoms with E-state index in [4.69, 9.17) is 16.3 Å². The number of rotatable bonds is 9. The maximum absolute atomic E-state index is 15.4. The number of benzene rings is 2. The molecule has 2 aliphatic rings. The van der Waals surface area contributed by atoms with Crippen LogP contribution in [0.15, 0.2) is 48.9 Å². The molecule has 6 rings (SSSR count). The second kappa shape index (κ2) is 15.1. The quantitative estimate of drug-likeness (QED) is 0.251. The van der Waals surface area contributed by atoms with Gasteiger partial charge >= 0.3 is 0 Å². The highest BCUT2D eigenvalue weighted by Crippen LogP contribution is 2.32. The van der Waals surface area contributed by atoms with E-state index >= 15 is 8.78 Å². The van der Waals surface area contributed by atoms with Gasteiger partial charge in [-0.15, -0.1) is 0 Å². The fourth-order valence-corrected chi connectivity index (χ4v) is 7.09. The summed E-state index contributed by atoms with van der Waals surface area (Å²) in [6.45, 7) is 3.55. The van der Waals surface area contributed by atoms with Crippen LogP contribution in [-0.4, -0.2) is 130 Å². The molecule has 0 bridgehead atoms. The van der Waals surface area contributed by atoms with Crippen molar-refractivity contribution in [1.29, 1.82) is 0 Å². The molecule has 0 spiro atoms. The third kappa shape index (κ3) is 7.58. The maximum Gasteiger partial charge on any atom is 0.291 e. The highest BCUT2D eigenvalue weighted by atomic mass is 35.5. The maximum atomic E-state index is 15.4. The molecule has 2 atom stereocenters. The Bertz CT molecular complexity index is 1990. The topological polar surface area (TPSA) is 135 Å². The van der Waals surface area contributed by atoms with Crippen molar-refractivity contribution in [3.05, 3.63) is 77.0 Å². The molecule has 0 aliphatic carbocycles. The number of hydrogen-bond acceptors (Lipinski definition) is 7. The molecule has 2 aliphatic heterocycles. The number of piperidine rings is 1. The second-order valence-corrected chi connectivity index (χ2v) is 14.3. The van der Waals surface area contributed by atoms with Crippen molar-refractivity contribution in [1.82, 2.24) is 29.1 Å². The van der Waals surface area contributed by atoms with E-state index in [0.29, 0.717) is 68.0 Å². The summed E-state index contributed by atoms with van der Waals surface area (Å²) in [5, 5.41) is 17.6. The molecular weight excluding hydrogens is 698 g/mol. The van der Waals surface area contributed by atoms with E-state index in [-0.39, 0.29) is 45.0 Å². The van der Waals surface area contributed by atoms with Crippen molar-refractivity contribution >= 4 is 35.0 Å². The first-order valence-corrected chi connectivity index (χ1v) is 17.4. The number of methoxy groups -OCH3 is 1. The number of nitrogens with zero attached hydrogens (tertiary/aromatic N) is 7. The molecule has 0 radical (unpaired) electrons. The summed E-state index contributed by atoms with van der Waals surface area (Å²) in [5.41, 5.74) is 1.10. The minimum Gasteiger partial charge on any atom is -0.386 e. The minimum atomic E-state index is -1.09. The predicted octanol–water partition coefficient (Wildman–Crippen LogP) is 3.52. The zero-order valence-corrected chi connectivity index (χ0v) is 30.2. The van der Waals surface area contributed by atoms with Gasteiger partial charge in [0.05, 0.1) is 68.4 Å². The number of amides is 3. The smallest absolute Gasteiger partial charge is 0.291 e. The number of imidazole rings is 1. The van der Waals surface area contributed by atoms with Crippen molar-refractivity contribution in [3.8, 4) is 22.4 Å². The lowest BCUT2D eigenvalue weighted by atomic mass is 9.91. The molecule has 276 valence electrons. The van der Waals surface area contributed by atoms with E-state index in [0.717, 1.165) is 6.54 Å². The Balaban J connectivity index is 1.08. The number of likely N-dealkylation sites (N-methyl/N-ethyl adjacent to an activating group) is 1. The minimum absolute atomic E-state index is 0.0420. The Morgan fingerprint density at radius 2 is 1.73 bits per heavy atom. The average molecular weight is 740 g/mol. The molecule has 4 heterocycles. The van der Waals surface area contributed by atoms with Crippen LogP contribution in [0.3, 0.4) is 0 Å². The number of piperazine rings is 1. The largest absolute Gasteiger partial charge is 0.386 e. The van der Waals surface area contributed by atoms with Crippen molar-refractivity contribution in [2.24, 2.45) is 13.0 Å². The van der Waals surface area contributed by atoms with Gasteiger partial charge in [-0.2, -0.15) is 5.10 Å². The van der Waals surface area contributed by atoms with E-state index in [2.05, 4.69) is 15.4 Å². The van der Waals surface area contributed by atoms with Crippen LogP contribution in [0.5, 0.6) is 0 Å². The van der Waals surface area contributed by atoms with Crippen molar-refractivity contribution in [2.45, 2.75) is 19.1 Å². The van der Waals surface area contributed by atoms with Crippen LogP contribution in [0, 0.1) is 17.6 Å². The lowest BCUT2D eigenvalue weighted by Gasteiger charge is -2.42. The number of anilines is 1. The van der Waals surface area contributed by atoms with Gasteiger partial charge in [0.25, 0.3) is 11.8 Å². The zero-order chi connectivity index (χ0) is 37.3. The van der Waals surface area contributed by atoms with Gasteiger partial charge in [0.1, 0.15) is 12.6 Å². The number of hydrogen-bond donors (Lipinski definition) is 2. The number of aliphatic hydroxyl groups is 1. The molecule has 2 aromatic heterocycles. The molecule has 3 amide bonds. The number of carbonyl (C=O) groups excluding carboxylic acids is 3. The van der Waals surface area contributed by atoms with E-state index in [1.807, 2.05) is 14.1 Å². The summed E-state index contributed by atoms with van der Waals surface area (Å²) in [6.07, 6.45) is 4.25. The lowest BCUT2D eigenvalue weighted by Crippen LogP contribution is -2.58. The summed E-state index contributed by atoms with van der Waals surface area (Å²) in [5.74, 6) is -3.66. The molecule has 52 heavy (non-hydrogen) atoms. The molecule has 2 saturated heterocycles. The number of ether oxygens (including phenoxy) is 1. The predicted molar refractivity (Wildman–Crippen MR) is 190 cm³/mol. The van der Waals surface area contributed by atoms with Gasteiger partial charge in [0, 0.05) is 75.3 Å². The third-order valence-corrected chi connectivity index (χ3v) is 10.2. The number of likely N-dealkylation sites (tertiary alicyclic amines) is 1. The molecule has 2 N–H and O–H groups in total. The van der Waals surface area contributed by atoms with Gasteiger partial charge in [-0.3, -0.25) is 19.1 Å². The molecular formula is C36H42ClF2N8O5+. The molecule has 2 unspecified atom stereocenters. The Morgan fingerprint density at radius 1 is 1.04 bits per heavy atom. The summed E-state index contributed by atoms with van der Waals surface area (Å²) >= 11 is 6.52. The number of carbonyl (C=O) groups is 3. The molecule has 4 aromatic rings. The van der Waals surface area contributed by atoms with Crippen molar-refractivity contribution in [3.63, 3.8) is 0 Å². The van der Waals surface area contributed by atoms with Crippen LogP contribution in [0.2, 0.25) is 5.02 Å². The molecule has 16 heteroatoms. The van der Waals surface area contributed by atoms with Crippen LogP contribution >= 0.6 is 11.6 Å². The van der Waals surface area contributed by atoms with E-state index < -0.39 is 29.6 Å². The van der Waals surface area contributed by atoms with Gasteiger partial charge in [0.15, 0.2) is 17.5 Å². The first kappa shape index (κ1) is 37.1. The standard InChI is InChI=1S/C36H41ClF2N8O5/c1-43-29(26-8-7-24(31(38)32(26)39)22-18-41-46(20-22)14-16-52-4)19-40-33(43)34(49)42-23-5-6-25(28(37)17-23)35(50)44-10-12-45(13-11-44)36(51)27-9-15-47(2,3)21-30(27)48/h5-8,17-20,27,30,48H,9-16,21H2,1-4H3/p+1. The summed E-state index contributed by atoms with van der Waals surface area (Å²) in [4.78, 5) is 47.3. The number of nitrogens with one attached hydrogen (secondary N) is 1. The van der Waals surface area contributed by atoms with Gasteiger partial charge in [0.2, 0.25) is 5.91 Å². The van der Waals surface area contributed by atoms with Crippen LogP contribution in [0.4, 0.5) is 14.5 Å². The Hall–Kier alpha value is -4.70. The third-order valence-electron chi connectivity index (χ3n) is 9.86. The van der Waals surface area contributed by atoms with Gasteiger partial charge in [-0.1, -0.05) is 17.7 Å². The van der Waals surface area contributed by atoms with E-state index in [1.54, 1.807) is 27.8 Å². The second-order valence-electron chi connectivity index (χ2n) is 13.9. The first-order valence-electron chi connectivity index (χ1n) is 17.0. The molecule has 13 nitrogen and oxygen atoms in total. The number of halogens is 3. The summed E-state index contributed by atoms with van der Waals surface area (Å²) in [6, 6.07) is 7.38. The molecule has 2 fully saturated rings. The van der Waals surface area contributed by atoms with Crippen molar-refractivity contribution < 1.29 is 37.5 Å². The average Bonchev–Trinajstić information content (AvgIpc) is 3.74. The van der Waals surface area contributed by atoms with Gasteiger partial charge < -0.3 is 34.0 Å². The highest BCUT2D eigenvalue weighted by Gasteiger charge is 2.40.